The minimum absolute atomic E-state index is 0.114. The number of amides is 1. The van der Waals surface area contributed by atoms with E-state index in [0.717, 1.165) is 15.9 Å². The number of hydrogen-bond donors (Lipinski definition) is 1. The van der Waals surface area contributed by atoms with Gasteiger partial charge in [0.1, 0.15) is 5.76 Å². The van der Waals surface area contributed by atoms with Crippen molar-refractivity contribution in [1.82, 2.24) is 4.98 Å². The minimum Gasteiger partial charge on any atom is -0.445 e. The van der Waals surface area contributed by atoms with Gasteiger partial charge in [-0.05, 0) is 31.2 Å². The van der Waals surface area contributed by atoms with Crippen LogP contribution in [0, 0.1) is 13.8 Å². The molecule has 0 saturated carbocycles. The zero-order valence-corrected chi connectivity index (χ0v) is 11.7. The molecule has 1 heterocycles. The Morgan fingerprint density at radius 1 is 1.33 bits per heavy atom. The predicted octanol–water partition coefficient (Wildman–Crippen LogP) is 3.24. The number of nitrogens with zero attached hydrogens (tertiary/aromatic N) is 1. The molecule has 0 atom stereocenters. The molecule has 0 spiro atoms. The van der Waals surface area contributed by atoms with E-state index in [9.17, 15) is 4.79 Å². The van der Waals surface area contributed by atoms with E-state index in [-0.39, 0.29) is 12.3 Å². The van der Waals surface area contributed by atoms with Crippen LogP contribution in [0.3, 0.4) is 0 Å². The topological polar surface area (TPSA) is 55.1 Å². The number of carbonyl (C=O) groups excluding carboxylic acids is 1. The molecule has 1 amide bonds. The van der Waals surface area contributed by atoms with E-state index < -0.39 is 0 Å². The Kier molecular flexibility index (Phi) is 3.81. The van der Waals surface area contributed by atoms with Crippen molar-refractivity contribution in [2.45, 2.75) is 20.3 Å². The van der Waals surface area contributed by atoms with Crippen LogP contribution < -0.4 is 5.32 Å². The molecule has 0 aliphatic rings. The summed E-state index contributed by atoms with van der Waals surface area (Å²) in [5, 5.41) is 2.81. The number of carbonyl (C=O) groups is 1. The molecule has 2 rings (SSSR count). The van der Waals surface area contributed by atoms with Crippen LogP contribution >= 0.6 is 15.9 Å². The number of rotatable bonds is 3. The van der Waals surface area contributed by atoms with E-state index in [1.807, 2.05) is 31.2 Å². The lowest BCUT2D eigenvalue weighted by Crippen LogP contribution is -2.14. The summed E-state index contributed by atoms with van der Waals surface area (Å²) in [6, 6.07) is 7.42. The van der Waals surface area contributed by atoms with Crippen molar-refractivity contribution in [1.29, 1.82) is 0 Å². The molecule has 0 aliphatic carbocycles. The van der Waals surface area contributed by atoms with Gasteiger partial charge < -0.3 is 9.73 Å². The monoisotopic (exact) mass is 308 g/mol. The lowest BCUT2D eigenvalue weighted by Gasteiger charge is -2.04. The first kappa shape index (κ1) is 12.8. The Hall–Kier alpha value is -1.62. The normalized spacial score (nSPS) is 10.4. The van der Waals surface area contributed by atoms with Gasteiger partial charge in [-0.25, -0.2) is 4.98 Å². The molecule has 0 aliphatic heterocycles. The Balaban J connectivity index is 2.01. The van der Waals surface area contributed by atoms with Crippen LogP contribution in [0.15, 0.2) is 33.2 Å². The summed E-state index contributed by atoms with van der Waals surface area (Å²) in [5.41, 5.74) is 1.52. The van der Waals surface area contributed by atoms with Crippen molar-refractivity contribution in [3.63, 3.8) is 0 Å². The van der Waals surface area contributed by atoms with Crippen molar-refractivity contribution < 1.29 is 9.21 Å². The summed E-state index contributed by atoms with van der Waals surface area (Å²) in [6.45, 7) is 3.60. The number of oxazole rings is 1. The highest BCUT2D eigenvalue weighted by atomic mass is 79.9. The summed E-state index contributed by atoms with van der Waals surface area (Å²) < 4.78 is 6.34. The molecule has 18 heavy (non-hydrogen) atoms. The van der Waals surface area contributed by atoms with Crippen LogP contribution in [-0.2, 0) is 11.2 Å². The second-order valence-electron chi connectivity index (χ2n) is 3.97. The van der Waals surface area contributed by atoms with Crippen LogP contribution in [0.4, 0.5) is 5.69 Å². The molecule has 1 aromatic carbocycles. The molecule has 0 fully saturated rings. The summed E-state index contributed by atoms with van der Waals surface area (Å²) >= 11 is 3.34. The number of halogens is 1. The fourth-order valence-corrected chi connectivity index (χ4v) is 1.89. The maximum Gasteiger partial charge on any atom is 0.232 e. The fourth-order valence-electron chi connectivity index (χ4n) is 1.62. The van der Waals surface area contributed by atoms with Gasteiger partial charge in [-0.1, -0.05) is 15.9 Å². The smallest absolute Gasteiger partial charge is 0.232 e. The number of benzene rings is 1. The maximum absolute atomic E-state index is 11.8. The summed E-state index contributed by atoms with van der Waals surface area (Å²) in [6.07, 6.45) is 0.197. The first-order valence-corrected chi connectivity index (χ1v) is 6.32. The van der Waals surface area contributed by atoms with Crippen molar-refractivity contribution in [3.8, 4) is 0 Å². The molecule has 0 saturated heterocycles. The molecule has 1 N–H and O–H groups in total. The van der Waals surface area contributed by atoms with Gasteiger partial charge in [0.05, 0.1) is 12.1 Å². The molecule has 5 heteroatoms. The zero-order valence-electron chi connectivity index (χ0n) is 10.2. The van der Waals surface area contributed by atoms with Crippen LogP contribution in [-0.4, -0.2) is 10.9 Å². The summed E-state index contributed by atoms with van der Waals surface area (Å²) in [7, 11) is 0. The average molecular weight is 309 g/mol. The molecule has 0 radical (unpaired) electrons. The van der Waals surface area contributed by atoms with Gasteiger partial charge in [-0.15, -0.1) is 0 Å². The third kappa shape index (κ3) is 3.20. The van der Waals surface area contributed by atoms with Crippen molar-refractivity contribution in [2.75, 3.05) is 5.32 Å². The summed E-state index contributed by atoms with van der Waals surface area (Å²) in [5.74, 6) is 1.08. The van der Waals surface area contributed by atoms with E-state index in [4.69, 9.17) is 4.42 Å². The number of aryl methyl sites for hydroxylation is 2. The largest absolute Gasteiger partial charge is 0.445 e. The molecular weight excluding hydrogens is 296 g/mol. The van der Waals surface area contributed by atoms with E-state index in [1.165, 1.54) is 0 Å². The van der Waals surface area contributed by atoms with E-state index in [1.54, 1.807) is 6.92 Å². The first-order chi connectivity index (χ1) is 8.54. The number of nitrogens with one attached hydrogen (secondary N) is 1. The van der Waals surface area contributed by atoms with Gasteiger partial charge in [0.15, 0.2) is 5.89 Å². The average Bonchev–Trinajstić information content (AvgIpc) is 2.61. The van der Waals surface area contributed by atoms with Crippen molar-refractivity contribution in [3.05, 3.63) is 46.1 Å². The van der Waals surface area contributed by atoms with Gasteiger partial charge in [-0.2, -0.15) is 0 Å². The molecule has 4 nitrogen and oxygen atoms in total. The molecule has 2 aromatic rings. The van der Waals surface area contributed by atoms with Gasteiger partial charge in [0.2, 0.25) is 5.91 Å². The third-order valence-corrected chi connectivity index (χ3v) is 2.98. The Bertz CT molecular complexity index is 561. The molecule has 0 unspecified atom stereocenters. The van der Waals surface area contributed by atoms with Gasteiger partial charge >= 0.3 is 0 Å². The van der Waals surface area contributed by atoms with E-state index in [2.05, 4.69) is 26.2 Å². The van der Waals surface area contributed by atoms with Crippen LogP contribution in [0.25, 0.3) is 0 Å². The Labute approximate surface area is 114 Å². The number of hydrogen-bond acceptors (Lipinski definition) is 3. The molecular formula is C13H13BrN2O2. The van der Waals surface area contributed by atoms with Gasteiger partial charge in [-0.3, -0.25) is 4.79 Å². The van der Waals surface area contributed by atoms with Crippen LogP contribution in [0.1, 0.15) is 17.3 Å². The van der Waals surface area contributed by atoms with Gasteiger partial charge in [0, 0.05) is 17.1 Å². The maximum atomic E-state index is 11.8. The Morgan fingerprint density at radius 2 is 2.00 bits per heavy atom. The van der Waals surface area contributed by atoms with E-state index >= 15 is 0 Å². The third-order valence-electron chi connectivity index (χ3n) is 2.45. The van der Waals surface area contributed by atoms with Crippen molar-refractivity contribution >= 4 is 27.5 Å². The molecule has 94 valence electrons. The quantitative estimate of drug-likeness (QED) is 0.947. The fraction of sp³-hybridized carbons (Fsp3) is 0.231. The second kappa shape index (κ2) is 5.35. The predicted molar refractivity (Wildman–Crippen MR) is 72.5 cm³/mol. The highest BCUT2D eigenvalue weighted by Gasteiger charge is 2.11. The first-order valence-electron chi connectivity index (χ1n) is 5.53. The second-order valence-corrected chi connectivity index (χ2v) is 4.89. The van der Waals surface area contributed by atoms with Crippen LogP contribution in [0.2, 0.25) is 0 Å². The molecule has 1 aromatic heterocycles. The Morgan fingerprint density at radius 3 is 2.56 bits per heavy atom. The zero-order chi connectivity index (χ0) is 13.1. The SMILES string of the molecule is Cc1nc(C)c(CC(=O)Nc2ccc(Br)cc2)o1. The van der Waals surface area contributed by atoms with Crippen molar-refractivity contribution in [2.24, 2.45) is 0 Å². The van der Waals surface area contributed by atoms with Gasteiger partial charge in [0.25, 0.3) is 0 Å². The molecule has 0 bridgehead atoms. The number of aromatic nitrogens is 1. The summed E-state index contributed by atoms with van der Waals surface area (Å²) in [4.78, 5) is 15.9. The highest BCUT2D eigenvalue weighted by molar-refractivity contribution is 9.10. The standard InChI is InChI=1S/C13H13BrN2O2/c1-8-12(18-9(2)15-8)7-13(17)16-11-5-3-10(14)4-6-11/h3-6H,7H2,1-2H3,(H,16,17). The lowest BCUT2D eigenvalue weighted by atomic mass is 10.2. The lowest BCUT2D eigenvalue weighted by molar-refractivity contribution is -0.115. The highest BCUT2D eigenvalue weighted by Crippen LogP contribution is 2.15. The minimum atomic E-state index is -0.114. The van der Waals surface area contributed by atoms with E-state index in [0.29, 0.717) is 11.7 Å². The number of anilines is 1. The van der Waals surface area contributed by atoms with Crippen LogP contribution in [0.5, 0.6) is 0 Å².